The Morgan fingerprint density at radius 3 is 2.90 bits per heavy atom. The summed E-state index contributed by atoms with van der Waals surface area (Å²) in [6, 6.07) is 0. The highest BCUT2D eigenvalue weighted by Gasteiger charge is 2.14. The molecule has 2 rings (SSSR count). The molecule has 0 aliphatic heterocycles. The van der Waals surface area contributed by atoms with Gasteiger partial charge in [-0.1, -0.05) is 34.1 Å². The Bertz CT molecular complexity index is 530. The molecule has 0 aliphatic carbocycles. The minimum Gasteiger partial charge on any atom is -0.311 e. The largest absolute Gasteiger partial charge is 0.311 e. The van der Waals surface area contributed by atoms with Crippen molar-refractivity contribution in [2.45, 2.75) is 45.7 Å². The van der Waals surface area contributed by atoms with Crippen molar-refractivity contribution in [1.82, 2.24) is 14.7 Å². The maximum absolute atomic E-state index is 4.78. The maximum Gasteiger partial charge on any atom is 0.194 e. The van der Waals surface area contributed by atoms with Crippen LogP contribution in [0.25, 0.3) is 4.96 Å². The summed E-state index contributed by atoms with van der Waals surface area (Å²) in [5, 5.41) is 6.85. The van der Waals surface area contributed by atoms with E-state index in [2.05, 4.69) is 49.0 Å². The van der Waals surface area contributed by atoms with Crippen LogP contribution >= 0.6 is 23.1 Å². The van der Waals surface area contributed by atoms with Gasteiger partial charge in [0.1, 0.15) is 5.03 Å². The van der Waals surface area contributed by atoms with Crippen molar-refractivity contribution in [3.05, 3.63) is 17.3 Å². The average molecular weight is 312 g/mol. The fourth-order valence-corrected chi connectivity index (χ4v) is 3.86. The van der Waals surface area contributed by atoms with E-state index in [0.717, 1.165) is 29.7 Å². The van der Waals surface area contributed by atoms with Crippen molar-refractivity contribution in [2.75, 3.05) is 12.3 Å². The lowest BCUT2D eigenvalue weighted by molar-refractivity contribution is 0.544. The minimum absolute atomic E-state index is 0.678. The predicted octanol–water partition coefficient (Wildman–Crippen LogP) is 4.28. The third-order valence-corrected chi connectivity index (χ3v) is 5.46. The van der Waals surface area contributed by atoms with Crippen molar-refractivity contribution >= 4 is 28.1 Å². The van der Waals surface area contributed by atoms with Gasteiger partial charge in [-0.25, -0.2) is 4.98 Å². The Morgan fingerprint density at radius 2 is 2.20 bits per heavy atom. The molecular weight excluding hydrogens is 286 g/mol. The molecule has 112 valence electrons. The molecule has 20 heavy (non-hydrogen) atoms. The van der Waals surface area contributed by atoms with Crippen molar-refractivity contribution in [2.24, 2.45) is 11.8 Å². The van der Waals surface area contributed by atoms with Gasteiger partial charge in [-0.05, 0) is 18.4 Å². The van der Waals surface area contributed by atoms with E-state index in [4.69, 9.17) is 4.98 Å². The van der Waals surface area contributed by atoms with E-state index in [0.29, 0.717) is 5.92 Å². The fourth-order valence-electron chi connectivity index (χ4n) is 1.91. The zero-order valence-electron chi connectivity index (χ0n) is 12.8. The van der Waals surface area contributed by atoms with Crippen LogP contribution in [0, 0.1) is 11.8 Å². The second-order valence-corrected chi connectivity index (χ2v) is 7.65. The SMILES string of the molecule is CCC(C)CSc1nc2sccn2c1CNCC(C)C. The van der Waals surface area contributed by atoms with Crippen molar-refractivity contribution in [1.29, 1.82) is 0 Å². The van der Waals surface area contributed by atoms with E-state index >= 15 is 0 Å². The Hall–Kier alpha value is -0.520. The topological polar surface area (TPSA) is 29.3 Å². The number of nitrogens with one attached hydrogen (secondary N) is 1. The molecule has 5 heteroatoms. The number of aromatic nitrogens is 2. The monoisotopic (exact) mass is 311 g/mol. The molecule has 1 N–H and O–H groups in total. The number of hydrogen-bond donors (Lipinski definition) is 1. The Labute approximate surface area is 130 Å². The molecule has 0 aromatic carbocycles. The highest BCUT2D eigenvalue weighted by molar-refractivity contribution is 7.99. The molecular formula is C15H25N3S2. The van der Waals surface area contributed by atoms with Gasteiger partial charge in [-0.3, -0.25) is 4.40 Å². The summed E-state index contributed by atoms with van der Waals surface area (Å²) >= 11 is 3.62. The summed E-state index contributed by atoms with van der Waals surface area (Å²) in [4.78, 5) is 5.89. The van der Waals surface area contributed by atoms with Crippen LogP contribution in [0.1, 0.15) is 39.8 Å². The van der Waals surface area contributed by atoms with Crippen molar-refractivity contribution in [3.63, 3.8) is 0 Å². The lowest BCUT2D eigenvalue weighted by atomic mass is 10.2. The Balaban J connectivity index is 2.09. The van der Waals surface area contributed by atoms with Gasteiger partial charge in [0.15, 0.2) is 4.96 Å². The van der Waals surface area contributed by atoms with Gasteiger partial charge < -0.3 is 5.32 Å². The van der Waals surface area contributed by atoms with Crippen LogP contribution in [-0.2, 0) is 6.54 Å². The van der Waals surface area contributed by atoms with Gasteiger partial charge in [-0.2, -0.15) is 0 Å². The third kappa shape index (κ3) is 3.99. The van der Waals surface area contributed by atoms with E-state index in [1.807, 2.05) is 11.8 Å². The van der Waals surface area contributed by atoms with Gasteiger partial charge in [0.25, 0.3) is 0 Å². The summed E-state index contributed by atoms with van der Waals surface area (Å²) in [6.07, 6.45) is 3.36. The van der Waals surface area contributed by atoms with Crippen LogP contribution in [-0.4, -0.2) is 21.7 Å². The first-order valence-corrected chi connectivity index (χ1v) is 9.26. The van der Waals surface area contributed by atoms with Gasteiger partial charge >= 0.3 is 0 Å². The second kappa shape index (κ2) is 7.48. The van der Waals surface area contributed by atoms with E-state index in [-0.39, 0.29) is 0 Å². The average Bonchev–Trinajstić information content (AvgIpc) is 2.97. The standard InChI is InChI=1S/C15H25N3S2/c1-5-12(4)10-20-14-13(9-16-8-11(2)3)18-6-7-19-15(18)17-14/h6-7,11-12,16H,5,8-10H2,1-4H3. The smallest absolute Gasteiger partial charge is 0.194 e. The molecule has 0 aliphatic rings. The lowest BCUT2D eigenvalue weighted by Crippen LogP contribution is -2.20. The van der Waals surface area contributed by atoms with Crippen LogP contribution in [0.4, 0.5) is 0 Å². The van der Waals surface area contributed by atoms with Crippen LogP contribution in [0.2, 0.25) is 0 Å². The summed E-state index contributed by atoms with van der Waals surface area (Å²) in [6.45, 7) is 11.0. The molecule has 1 unspecified atom stereocenters. The van der Waals surface area contributed by atoms with Crippen LogP contribution in [0.15, 0.2) is 16.6 Å². The number of nitrogens with zero attached hydrogens (tertiary/aromatic N) is 2. The molecule has 0 saturated heterocycles. The molecule has 0 radical (unpaired) electrons. The van der Waals surface area contributed by atoms with E-state index in [1.54, 1.807) is 11.3 Å². The highest BCUT2D eigenvalue weighted by atomic mass is 32.2. The zero-order chi connectivity index (χ0) is 14.5. The zero-order valence-corrected chi connectivity index (χ0v) is 14.5. The lowest BCUT2D eigenvalue weighted by Gasteiger charge is -2.10. The van der Waals surface area contributed by atoms with E-state index < -0.39 is 0 Å². The summed E-state index contributed by atoms with van der Waals surface area (Å²) in [7, 11) is 0. The van der Waals surface area contributed by atoms with Crippen LogP contribution < -0.4 is 5.32 Å². The molecule has 0 saturated carbocycles. The second-order valence-electron chi connectivity index (χ2n) is 5.77. The molecule has 0 amide bonds. The molecule has 2 aromatic rings. The summed E-state index contributed by atoms with van der Waals surface area (Å²) < 4.78 is 2.23. The van der Waals surface area contributed by atoms with Gasteiger partial charge in [0, 0.05) is 23.9 Å². The molecule has 0 bridgehead atoms. The van der Waals surface area contributed by atoms with Crippen LogP contribution in [0.3, 0.4) is 0 Å². The quantitative estimate of drug-likeness (QED) is 0.738. The normalized spacial score (nSPS) is 13.4. The van der Waals surface area contributed by atoms with E-state index in [9.17, 15) is 0 Å². The first-order chi connectivity index (χ1) is 9.61. The Kier molecular flexibility index (Phi) is 5.93. The fraction of sp³-hybridized carbons (Fsp3) is 0.667. The molecule has 0 fully saturated rings. The molecule has 3 nitrogen and oxygen atoms in total. The molecule has 0 spiro atoms. The third-order valence-electron chi connectivity index (χ3n) is 3.37. The molecule has 1 atom stereocenters. The first kappa shape index (κ1) is 15.9. The Morgan fingerprint density at radius 1 is 1.40 bits per heavy atom. The number of fused-ring (bicyclic) bond motifs is 1. The van der Waals surface area contributed by atoms with E-state index in [1.165, 1.54) is 17.1 Å². The number of hydrogen-bond acceptors (Lipinski definition) is 4. The van der Waals surface area contributed by atoms with Gasteiger partial charge in [-0.15, -0.1) is 23.1 Å². The first-order valence-electron chi connectivity index (χ1n) is 7.39. The van der Waals surface area contributed by atoms with Gasteiger partial charge in [0.2, 0.25) is 0 Å². The highest BCUT2D eigenvalue weighted by Crippen LogP contribution is 2.28. The van der Waals surface area contributed by atoms with Crippen molar-refractivity contribution < 1.29 is 0 Å². The van der Waals surface area contributed by atoms with Crippen molar-refractivity contribution in [3.8, 4) is 0 Å². The molecule has 2 aromatic heterocycles. The number of thioether (sulfide) groups is 1. The minimum atomic E-state index is 0.678. The maximum atomic E-state index is 4.78. The number of rotatable bonds is 8. The summed E-state index contributed by atoms with van der Waals surface area (Å²) in [5.74, 6) is 2.58. The predicted molar refractivity (Wildman–Crippen MR) is 89.8 cm³/mol. The van der Waals surface area contributed by atoms with Gasteiger partial charge in [0.05, 0.1) is 5.69 Å². The molecule has 2 heterocycles. The number of thiazole rings is 1. The number of imidazole rings is 1. The summed E-state index contributed by atoms with van der Waals surface area (Å²) in [5.41, 5.74) is 1.32. The van der Waals surface area contributed by atoms with Crippen LogP contribution in [0.5, 0.6) is 0 Å².